The second-order valence-corrected chi connectivity index (χ2v) is 7.39. The lowest BCUT2D eigenvalue weighted by molar-refractivity contribution is -0.0669. The van der Waals surface area contributed by atoms with E-state index in [1.54, 1.807) is 7.05 Å². The van der Waals surface area contributed by atoms with E-state index in [2.05, 4.69) is 9.82 Å². The molecule has 2 rings (SSSR count). The third-order valence-corrected chi connectivity index (χ3v) is 4.69. The zero-order chi connectivity index (χ0) is 16.4. The van der Waals surface area contributed by atoms with Crippen LogP contribution in [0, 0.1) is 11.3 Å². The van der Waals surface area contributed by atoms with E-state index in [9.17, 15) is 8.42 Å². The van der Waals surface area contributed by atoms with Crippen LogP contribution in [0.5, 0.6) is 0 Å². The minimum atomic E-state index is -3.67. The third-order valence-electron chi connectivity index (χ3n) is 3.26. The second kappa shape index (κ2) is 6.24. The molecule has 1 atom stereocenters. The van der Waals surface area contributed by atoms with E-state index < -0.39 is 15.6 Å². The molecule has 0 saturated carbocycles. The van der Waals surface area contributed by atoms with Gasteiger partial charge in [0.25, 0.3) is 0 Å². The average molecular weight is 328 g/mol. The Hall–Kier alpha value is -1.63. The van der Waals surface area contributed by atoms with Crippen molar-refractivity contribution in [2.45, 2.75) is 32.0 Å². The highest BCUT2D eigenvalue weighted by molar-refractivity contribution is 7.92. The molecular weight excluding hydrogens is 308 g/mol. The van der Waals surface area contributed by atoms with E-state index in [1.807, 2.05) is 19.9 Å². The Morgan fingerprint density at radius 2 is 2.36 bits per heavy atom. The summed E-state index contributed by atoms with van der Waals surface area (Å²) in [5.41, 5.74) is -0.567. The number of nitrogens with one attached hydrogen (secondary N) is 1. The summed E-state index contributed by atoms with van der Waals surface area (Å²) >= 11 is 0. The summed E-state index contributed by atoms with van der Waals surface area (Å²) in [6, 6.07) is 3.32. The zero-order valence-corrected chi connectivity index (χ0v) is 13.7. The van der Waals surface area contributed by atoms with Crippen LogP contribution in [-0.4, -0.2) is 48.9 Å². The van der Waals surface area contributed by atoms with E-state index in [0.29, 0.717) is 13.0 Å². The monoisotopic (exact) mass is 328 g/mol. The molecule has 0 spiro atoms. The Morgan fingerprint density at radius 1 is 1.64 bits per heavy atom. The fraction of sp³-hybridized carbons (Fsp3) is 0.692. The standard InChI is InChI=1S/C13H20N4O4S/c1-10(2)21-13(4-5-20-8-13)9-22(18,19)16-12-6-11(7-14)17(3)15-12/h6,10H,4-5,8-9H2,1-3H3,(H,15,16). The van der Waals surface area contributed by atoms with Crippen molar-refractivity contribution in [1.82, 2.24) is 9.78 Å². The number of anilines is 1. The Kier molecular flexibility index (Phi) is 4.75. The lowest BCUT2D eigenvalue weighted by atomic mass is 10.1. The molecule has 0 aromatic carbocycles. The van der Waals surface area contributed by atoms with Gasteiger partial charge in [-0.25, -0.2) is 8.42 Å². The van der Waals surface area contributed by atoms with Crippen LogP contribution in [-0.2, 0) is 26.5 Å². The SMILES string of the molecule is CC(C)OC1(CS(=O)(=O)Nc2cc(C#N)n(C)n2)CCOC1. The first-order valence-electron chi connectivity index (χ1n) is 6.95. The van der Waals surface area contributed by atoms with Crippen molar-refractivity contribution < 1.29 is 17.9 Å². The van der Waals surface area contributed by atoms with Gasteiger partial charge in [-0.05, 0) is 13.8 Å². The van der Waals surface area contributed by atoms with Crippen LogP contribution in [0.25, 0.3) is 0 Å². The summed E-state index contributed by atoms with van der Waals surface area (Å²) in [5.74, 6) is -0.0888. The summed E-state index contributed by atoms with van der Waals surface area (Å²) in [6.07, 6.45) is 0.425. The first-order valence-corrected chi connectivity index (χ1v) is 8.61. The number of nitrogens with zero attached hydrogens (tertiary/aromatic N) is 3. The Morgan fingerprint density at radius 3 is 2.86 bits per heavy atom. The van der Waals surface area contributed by atoms with Gasteiger partial charge in [0, 0.05) is 26.1 Å². The molecule has 1 aliphatic rings. The average Bonchev–Trinajstić information content (AvgIpc) is 2.94. The predicted octanol–water partition coefficient (Wildman–Crippen LogP) is 0.618. The number of sulfonamides is 1. The quantitative estimate of drug-likeness (QED) is 0.820. The normalized spacial score (nSPS) is 22.0. The van der Waals surface area contributed by atoms with Gasteiger partial charge in [-0.15, -0.1) is 0 Å². The first-order chi connectivity index (χ1) is 10.3. The van der Waals surface area contributed by atoms with Gasteiger partial charge in [0.1, 0.15) is 23.1 Å². The summed E-state index contributed by atoms with van der Waals surface area (Å²) in [6.45, 7) is 4.44. The van der Waals surface area contributed by atoms with Crippen LogP contribution >= 0.6 is 0 Å². The molecule has 1 fully saturated rings. The maximum atomic E-state index is 12.4. The lowest BCUT2D eigenvalue weighted by Crippen LogP contribution is -2.44. The smallest absolute Gasteiger partial charge is 0.236 e. The highest BCUT2D eigenvalue weighted by atomic mass is 32.2. The van der Waals surface area contributed by atoms with Crippen molar-refractivity contribution in [2.24, 2.45) is 7.05 Å². The Balaban J connectivity index is 2.14. The molecule has 122 valence electrons. The van der Waals surface area contributed by atoms with Crippen molar-refractivity contribution in [2.75, 3.05) is 23.7 Å². The number of hydrogen-bond donors (Lipinski definition) is 1. The molecule has 9 heteroatoms. The highest BCUT2D eigenvalue weighted by Crippen LogP contribution is 2.27. The van der Waals surface area contributed by atoms with Gasteiger partial charge in [0.05, 0.1) is 12.7 Å². The molecule has 0 bridgehead atoms. The van der Waals surface area contributed by atoms with Gasteiger partial charge < -0.3 is 9.47 Å². The highest BCUT2D eigenvalue weighted by Gasteiger charge is 2.41. The van der Waals surface area contributed by atoms with Crippen molar-refractivity contribution in [1.29, 1.82) is 5.26 Å². The molecule has 8 nitrogen and oxygen atoms in total. The van der Waals surface area contributed by atoms with E-state index in [4.69, 9.17) is 14.7 Å². The maximum Gasteiger partial charge on any atom is 0.236 e. The van der Waals surface area contributed by atoms with Crippen LogP contribution in [0.1, 0.15) is 26.0 Å². The third kappa shape index (κ3) is 3.97. The molecular formula is C13H20N4O4S. The molecule has 1 aromatic heterocycles. The molecule has 22 heavy (non-hydrogen) atoms. The van der Waals surface area contributed by atoms with Crippen molar-refractivity contribution in [3.8, 4) is 6.07 Å². The fourth-order valence-electron chi connectivity index (χ4n) is 2.49. The molecule has 0 aliphatic carbocycles. The second-order valence-electron chi connectivity index (χ2n) is 5.66. The van der Waals surface area contributed by atoms with Gasteiger partial charge in [0.15, 0.2) is 5.82 Å². The maximum absolute atomic E-state index is 12.4. The van der Waals surface area contributed by atoms with Gasteiger partial charge >= 0.3 is 0 Å². The number of nitriles is 1. The van der Waals surface area contributed by atoms with E-state index in [1.165, 1.54) is 10.7 Å². The van der Waals surface area contributed by atoms with Crippen LogP contribution in [0.4, 0.5) is 5.82 Å². The van der Waals surface area contributed by atoms with E-state index in [0.717, 1.165) is 0 Å². The largest absolute Gasteiger partial charge is 0.378 e. The summed E-state index contributed by atoms with van der Waals surface area (Å²) < 4.78 is 39.6. The summed E-state index contributed by atoms with van der Waals surface area (Å²) in [5, 5.41) is 12.8. The predicted molar refractivity (Wildman–Crippen MR) is 79.7 cm³/mol. The Labute approximate surface area is 130 Å². The topological polar surface area (TPSA) is 106 Å². The minimum absolute atomic E-state index is 0.100. The first kappa shape index (κ1) is 16.7. The molecule has 2 heterocycles. The van der Waals surface area contributed by atoms with Crippen LogP contribution < -0.4 is 4.72 Å². The molecule has 0 amide bonds. The zero-order valence-electron chi connectivity index (χ0n) is 12.9. The van der Waals surface area contributed by atoms with E-state index in [-0.39, 0.29) is 30.0 Å². The van der Waals surface area contributed by atoms with Crippen LogP contribution in [0.15, 0.2) is 6.07 Å². The van der Waals surface area contributed by atoms with Gasteiger partial charge in [-0.3, -0.25) is 9.40 Å². The molecule has 1 saturated heterocycles. The van der Waals surface area contributed by atoms with Crippen molar-refractivity contribution in [3.05, 3.63) is 11.8 Å². The number of hydrogen-bond acceptors (Lipinski definition) is 6. The van der Waals surface area contributed by atoms with Crippen molar-refractivity contribution in [3.63, 3.8) is 0 Å². The molecule has 1 N–H and O–H groups in total. The number of rotatable bonds is 6. The van der Waals surface area contributed by atoms with Gasteiger partial charge in [-0.1, -0.05) is 0 Å². The fourth-order valence-corrected chi connectivity index (χ4v) is 3.97. The summed E-state index contributed by atoms with van der Waals surface area (Å²) in [4.78, 5) is 0. The number of ether oxygens (including phenoxy) is 2. The molecule has 0 radical (unpaired) electrons. The van der Waals surface area contributed by atoms with Crippen LogP contribution in [0.3, 0.4) is 0 Å². The molecule has 1 unspecified atom stereocenters. The van der Waals surface area contributed by atoms with Crippen LogP contribution in [0.2, 0.25) is 0 Å². The summed E-state index contributed by atoms with van der Waals surface area (Å²) in [7, 11) is -2.10. The molecule has 1 aliphatic heterocycles. The Bertz CT molecular complexity index is 669. The van der Waals surface area contributed by atoms with Gasteiger partial charge in [0.2, 0.25) is 10.0 Å². The van der Waals surface area contributed by atoms with E-state index >= 15 is 0 Å². The van der Waals surface area contributed by atoms with Gasteiger partial charge in [-0.2, -0.15) is 10.4 Å². The lowest BCUT2D eigenvalue weighted by Gasteiger charge is -2.29. The molecule has 1 aromatic rings. The minimum Gasteiger partial charge on any atom is -0.378 e. The number of aromatic nitrogens is 2. The van der Waals surface area contributed by atoms with Crippen molar-refractivity contribution >= 4 is 15.8 Å². The number of aryl methyl sites for hydroxylation is 1.